The van der Waals surface area contributed by atoms with Crippen molar-refractivity contribution in [3.8, 4) is 5.75 Å². The van der Waals surface area contributed by atoms with Gasteiger partial charge in [0.25, 0.3) is 0 Å². The van der Waals surface area contributed by atoms with E-state index in [9.17, 15) is 15.0 Å². The van der Waals surface area contributed by atoms with Crippen molar-refractivity contribution in [1.82, 2.24) is 5.32 Å². The quantitative estimate of drug-likeness (QED) is 0.172. The van der Waals surface area contributed by atoms with E-state index in [2.05, 4.69) is 41.0 Å². The number of anilines is 1. The number of benzene rings is 2. The Hall–Kier alpha value is -2.41. The Labute approximate surface area is 185 Å². The van der Waals surface area contributed by atoms with E-state index in [4.69, 9.17) is 4.74 Å². The zero-order valence-corrected chi connectivity index (χ0v) is 18.3. The molecule has 31 heavy (non-hydrogen) atoms. The number of phenols is 1. The van der Waals surface area contributed by atoms with E-state index in [0.29, 0.717) is 24.2 Å². The van der Waals surface area contributed by atoms with Crippen LogP contribution in [0.5, 0.6) is 5.75 Å². The fraction of sp³-hybridized carbons (Fsp3) is 0.480. The van der Waals surface area contributed by atoms with E-state index < -0.39 is 6.10 Å². The normalized spacial score (nSPS) is 11.9. The van der Waals surface area contributed by atoms with Crippen molar-refractivity contribution >= 4 is 12.1 Å². The first kappa shape index (κ1) is 24.9. The number of hydrogen-bond donors (Lipinski definition) is 4. The standard InChI is InChI=1S/C25H36N2O4/c28-20-27-23-18-22(13-14-24(23)29)25(30)19-26-15-7-1-2-8-16-31-17-9-6-12-21-10-4-3-5-11-21/h3-5,10-11,13-14,18,20,25-26,29-30H,1-2,6-9,12,15-17,19H2,(H,27,28). The van der Waals surface area contributed by atoms with Crippen molar-refractivity contribution in [3.05, 3.63) is 59.7 Å². The topological polar surface area (TPSA) is 90.8 Å². The van der Waals surface area contributed by atoms with Crippen LogP contribution in [-0.2, 0) is 16.0 Å². The monoisotopic (exact) mass is 428 g/mol. The molecule has 0 aliphatic rings. The molecule has 4 N–H and O–H groups in total. The highest BCUT2D eigenvalue weighted by Crippen LogP contribution is 2.26. The lowest BCUT2D eigenvalue weighted by Gasteiger charge is -2.14. The number of aliphatic hydroxyl groups excluding tert-OH is 1. The summed E-state index contributed by atoms with van der Waals surface area (Å²) in [6, 6.07) is 15.3. The number of phenolic OH excluding ortho intramolecular Hbond substituents is 1. The van der Waals surface area contributed by atoms with E-state index in [0.717, 1.165) is 58.3 Å². The van der Waals surface area contributed by atoms with Gasteiger partial charge in [-0.1, -0.05) is 49.2 Å². The van der Waals surface area contributed by atoms with Crippen LogP contribution in [0.4, 0.5) is 5.69 Å². The van der Waals surface area contributed by atoms with Crippen LogP contribution >= 0.6 is 0 Å². The van der Waals surface area contributed by atoms with Crippen molar-refractivity contribution in [2.45, 2.75) is 51.0 Å². The second-order valence-electron chi connectivity index (χ2n) is 7.73. The SMILES string of the molecule is O=CNc1cc(C(O)CNCCCCCCOCCCCc2ccccc2)ccc1O. The Morgan fingerprint density at radius 2 is 1.68 bits per heavy atom. The predicted octanol–water partition coefficient (Wildman–Crippen LogP) is 4.18. The maximum absolute atomic E-state index is 10.5. The first-order valence-corrected chi connectivity index (χ1v) is 11.2. The molecule has 0 spiro atoms. The molecule has 2 rings (SSSR count). The van der Waals surface area contributed by atoms with E-state index in [1.54, 1.807) is 12.1 Å². The van der Waals surface area contributed by atoms with Crippen LogP contribution in [0, 0.1) is 0 Å². The molecule has 0 saturated heterocycles. The zero-order valence-electron chi connectivity index (χ0n) is 18.3. The van der Waals surface area contributed by atoms with E-state index in [-0.39, 0.29) is 5.75 Å². The highest BCUT2D eigenvalue weighted by Gasteiger charge is 2.10. The van der Waals surface area contributed by atoms with Gasteiger partial charge in [-0.2, -0.15) is 0 Å². The summed E-state index contributed by atoms with van der Waals surface area (Å²) >= 11 is 0. The summed E-state index contributed by atoms with van der Waals surface area (Å²) < 4.78 is 5.72. The largest absolute Gasteiger partial charge is 0.506 e. The minimum atomic E-state index is -0.692. The van der Waals surface area contributed by atoms with E-state index in [1.807, 2.05) is 0 Å². The molecule has 0 aliphatic carbocycles. The first-order chi connectivity index (χ1) is 15.2. The Morgan fingerprint density at radius 3 is 2.45 bits per heavy atom. The summed E-state index contributed by atoms with van der Waals surface area (Å²) in [5, 5.41) is 25.6. The molecule has 2 aromatic rings. The number of carbonyl (C=O) groups is 1. The molecule has 0 saturated carbocycles. The number of rotatable bonds is 17. The van der Waals surface area contributed by atoms with Crippen LogP contribution in [0.3, 0.4) is 0 Å². The molecule has 1 unspecified atom stereocenters. The maximum atomic E-state index is 10.5. The van der Waals surface area contributed by atoms with Crippen LogP contribution < -0.4 is 10.6 Å². The molecule has 0 bridgehead atoms. The van der Waals surface area contributed by atoms with Gasteiger partial charge in [0, 0.05) is 19.8 Å². The molecule has 1 amide bonds. The predicted molar refractivity (Wildman–Crippen MR) is 124 cm³/mol. The van der Waals surface area contributed by atoms with Gasteiger partial charge < -0.3 is 25.6 Å². The molecule has 1 atom stereocenters. The average molecular weight is 429 g/mol. The van der Waals surface area contributed by atoms with Gasteiger partial charge in [0.05, 0.1) is 11.8 Å². The maximum Gasteiger partial charge on any atom is 0.211 e. The van der Waals surface area contributed by atoms with Gasteiger partial charge >= 0.3 is 0 Å². The summed E-state index contributed by atoms with van der Waals surface area (Å²) in [5.41, 5.74) is 2.34. The highest BCUT2D eigenvalue weighted by atomic mass is 16.5. The van der Waals surface area contributed by atoms with Crippen molar-refractivity contribution in [3.63, 3.8) is 0 Å². The average Bonchev–Trinajstić information content (AvgIpc) is 2.79. The Balaban J connectivity index is 1.41. The molecule has 0 aromatic heterocycles. The van der Waals surface area contributed by atoms with E-state index >= 15 is 0 Å². The number of unbranched alkanes of at least 4 members (excludes halogenated alkanes) is 4. The van der Waals surface area contributed by atoms with Crippen LogP contribution in [0.15, 0.2) is 48.5 Å². The van der Waals surface area contributed by atoms with Crippen molar-refractivity contribution in [2.75, 3.05) is 31.6 Å². The Kier molecular flexibility index (Phi) is 12.3. The summed E-state index contributed by atoms with van der Waals surface area (Å²) in [4.78, 5) is 10.5. The number of hydrogen-bond acceptors (Lipinski definition) is 5. The lowest BCUT2D eigenvalue weighted by Crippen LogP contribution is -2.22. The molecule has 6 heteroatoms. The zero-order chi connectivity index (χ0) is 22.2. The smallest absolute Gasteiger partial charge is 0.211 e. The highest BCUT2D eigenvalue weighted by molar-refractivity contribution is 5.75. The minimum Gasteiger partial charge on any atom is -0.506 e. The van der Waals surface area contributed by atoms with Crippen LogP contribution in [0.1, 0.15) is 55.8 Å². The van der Waals surface area contributed by atoms with Gasteiger partial charge in [-0.25, -0.2) is 0 Å². The number of aromatic hydroxyl groups is 1. The van der Waals surface area contributed by atoms with Crippen molar-refractivity contribution < 1.29 is 19.7 Å². The van der Waals surface area contributed by atoms with Crippen molar-refractivity contribution in [2.24, 2.45) is 0 Å². The molecule has 0 heterocycles. The van der Waals surface area contributed by atoms with Crippen molar-refractivity contribution in [1.29, 1.82) is 0 Å². The van der Waals surface area contributed by atoms with Crippen LogP contribution in [0.25, 0.3) is 0 Å². The molecule has 0 radical (unpaired) electrons. The number of carbonyl (C=O) groups excluding carboxylic acids is 1. The Morgan fingerprint density at radius 1 is 0.935 bits per heavy atom. The molecule has 6 nitrogen and oxygen atoms in total. The van der Waals surface area contributed by atoms with Gasteiger partial charge in [-0.15, -0.1) is 0 Å². The fourth-order valence-corrected chi connectivity index (χ4v) is 3.38. The third kappa shape index (κ3) is 10.4. The van der Waals surface area contributed by atoms with E-state index in [1.165, 1.54) is 18.1 Å². The number of aliphatic hydroxyl groups is 1. The number of amides is 1. The fourth-order valence-electron chi connectivity index (χ4n) is 3.38. The summed E-state index contributed by atoms with van der Waals surface area (Å²) in [6.45, 7) is 2.94. The lowest BCUT2D eigenvalue weighted by molar-refractivity contribution is -0.105. The van der Waals surface area contributed by atoms with Crippen LogP contribution in [-0.4, -0.2) is 42.9 Å². The van der Waals surface area contributed by atoms with Gasteiger partial charge in [-0.05, 0) is 61.9 Å². The number of nitrogens with one attached hydrogen (secondary N) is 2. The molecular formula is C25H36N2O4. The molecule has 0 fully saturated rings. The molecule has 2 aromatic carbocycles. The third-order valence-corrected chi connectivity index (χ3v) is 5.20. The second-order valence-corrected chi connectivity index (χ2v) is 7.73. The van der Waals surface area contributed by atoms with Gasteiger partial charge in [0.1, 0.15) is 5.75 Å². The Bertz CT molecular complexity index is 740. The van der Waals surface area contributed by atoms with Gasteiger partial charge in [0.15, 0.2) is 0 Å². The second kappa shape index (κ2) is 15.4. The lowest BCUT2D eigenvalue weighted by atomic mass is 10.1. The molecule has 0 aliphatic heterocycles. The summed E-state index contributed by atoms with van der Waals surface area (Å²) in [6.07, 6.45) is 7.62. The minimum absolute atomic E-state index is 0.0211. The number of aryl methyl sites for hydroxylation is 1. The molecular weight excluding hydrogens is 392 g/mol. The first-order valence-electron chi connectivity index (χ1n) is 11.2. The third-order valence-electron chi connectivity index (χ3n) is 5.20. The summed E-state index contributed by atoms with van der Waals surface area (Å²) in [7, 11) is 0. The van der Waals surface area contributed by atoms with Crippen LogP contribution in [0.2, 0.25) is 0 Å². The number of ether oxygens (including phenoxy) is 1. The van der Waals surface area contributed by atoms with Gasteiger partial charge in [-0.3, -0.25) is 4.79 Å². The summed E-state index contributed by atoms with van der Waals surface area (Å²) in [5.74, 6) is -0.0211. The molecule has 170 valence electrons. The van der Waals surface area contributed by atoms with Gasteiger partial charge in [0.2, 0.25) is 6.41 Å².